The van der Waals surface area contributed by atoms with Crippen molar-refractivity contribution in [2.45, 2.75) is 32.8 Å². The van der Waals surface area contributed by atoms with E-state index in [9.17, 15) is 5.11 Å². The first-order valence-corrected chi connectivity index (χ1v) is 7.06. The van der Waals surface area contributed by atoms with Crippen LogP contribution in [0.15, 0.2) is 0 Å². The van der Waals surface area contributed by atoms with Gasteiger partial charge in [-0.05, 0) is 32.6 Å². The fourth-order valence-corrected chi connectivity index (χ4v) is 3.57. The maximum atomic E-state index is 10.0. The second-order valence-corrected chi connectivity index (χ2v) is 5.79. The Bertz CT molecular complexity index is 491. The highest BCUT2D eigenvalue weighted by atomic mass is 16.3. The van der Waals surface area contributed by atoms with E-state index >= 15 is 0 Å². The first-order valence-electron chi connectivity index (χ1n) is 7.06. The number of anilines is 2. The highest BCUT2D eigenvalue weighted by molar-refractivity contribution is 5.59. The minimum atomic E-state index is -0.123. The molecule has 5 heteroatoms. The lowest BCUT2D eigenvalue weighted by Crippen LogP contribution is -2.26. The molecule has 1 aliphatic heterocycles. The summed E-state index contributed by atoms with van der Waals surface area (Å²) in [6, 6.07) is 0. The highest BCUT2D eigenvalue weighted by Gasteiger charge is 2.42. The Morgan fingerprint density at radius 2 is 2.00 bits per heavy atom. The van der Waals surface area contributed by atoms with Crippen molar-refractivity contribution in [1.82, 2.24) is 9.97 Å². The molecular formula is C14H22N4O. The highest BCUT2D eigenvalue weighted by Crippen LogP contribution is 2.40. The molecule has 0 spiro atoms. The van der Waals surface area contributed by atoms with Crippen LogP contribution in [0.3, 0.4) is 0 Å². The van der Waals surface area contributed by atoms with Gasteiger partial charge >= 0.3 is 0 Å². The Hall–Kier alpha value is -1.36. The third kappa shape index (κ3) is 2.06. The van der Waals surface area contributed by atoms with E-state index in [1.54, 1.807) is 0 Å². The van der Waals surface area contributed by atoms with Gasteiger partial charge in [-0.25, -0.2) is 9.97 Å². The first-order chi connectivity index (χ1) is 9.10. The Kier molecular flexibility index (Phi) is 3.09. The second-order valence-electron chi connectivity index (χ2n) is 5.79. The Labute approximate surface area is 114 Å². The van der Waals surface area contributed by atoms with Crippen LogP contribution in [0, 0.1) is 25.7 Å². The largest absolute Gasteiger partial charge is 0.393 e. The van der Waals surface area contributed by atoms with E-state index in [2.05, 4.69) is 27.1 Å². The molecule has 2 heterocycles. The third-order valence-corrected chi connectivity index (χ3v) is 4.59. The molecule has 0 radical (unpaired) electrons. The molecule has 19 heavy (non-hydrogen) atoms. The molecule has 2 fully saturated rings. The second kappa shape index (κ2) is 4.63. The molecule has 1 aromatic rings. The predicted octanol–water partition coefficient (Wildman–Crippen LogP) is 1.34. The average molecular weight is 262 g/mol. The van der Waals surface area contributed by atoms with Crippen LogP contribution in [0.5, 0.6) is 0 Å². The van der Waals surface area contributed by atoms with Gasteiger partial charge in [0.2, 0.25) is 0 Å². The summed E-state index contributed by atoms with van der Waals surface area (Å²) in [7, 11) is 1.89. The number of rotatable bonds is 2. The zero-order valence-electron chi connectivity index (χ0n) is 11.8. The number of aliphatic hydroxyl groups excluding tert-OH is 1. The molecule has 2 aliphatic rings. The van der Waals surface area contributed by atoms with Crippen molar-refractivity contribution in [3.63, 3.8) is 0 Å². The molecule has 1 aliphatic carbocycles. The molecule has 1 aromatic heterocycles. The van der Waals surface area contributed by atoms with Crippen LogP contribution in [0.2, 0.25) is 0 Å². The van der Waals surface area contributed by atoms with E-state index in [-0.39, 0.29) is 6.10 Å². The van der Waals surface area contributed by atoms with Gasteiger partial charge in [-0.15, -0.1) is 0 Å². The molecule has 3 unspecified atom stereocenters. The number of nitrogens with one attached hydrogen (secondary N) is 1. The normalized spacial score (nSPS) is 29.7. The lowest BCUT2D eigenvalue weighted by Gasteiger charge is -2.22. The van der Waals surface area contributed by atoms with Crippen molar-refractivity contribution < 1.29 is 5.11 Å². The molecule has 2 N–H and O–H groups in total. The van der Waals surface area contributed by atoms with Gasteiger partial charge in [-0.3, -0.25) is 0 Å². The minimum Gasteiger partial charge on any atom is -0.393 e. The summed E-state index contributed by atoms with van der Waals surface area (Å²) in [5.74, 6) is 3.77. The van der Waals surface area contributed by atoms with Gasteiger partial charge in [0.1, 0.15) is 17.5 Å². The van der Waals surface area contributed by atoms with Gasteiger partial charge in [0, 0.05) is 31.6 Å². The maximum Gasteiger partial charge on any atom is 0.137 e. The molecule has 5 nitrogen and oxygen atoms in total. The number of nitrogens with zero attached hydrogens (tertiary/aromatic N) is 3. The van der Waals surface area contributed by atoms with Crippen LogP contribution in [0.1, 0.15) is 24.2 Å². The van der Waals surface area contributed by atoms with E-state index in [0.29, 0.717) is 11.8 Å². The zero-order chi connectivity index (χ0) is 13.6. The van der Waals surface area contributed by atoms with Crippen molar-refractivity contribution in [2.24, 2.45) is 11.8 Å². The van der Waals surface area contributed by atoms with E-state index in [1.807, 2.05) is 14.0 Å². The number of fused-ring (bicyclic) bond motifs is 1. The molecule has 1 saturated heterocycles. The molecule has 3 rings (SSSR count). The van der Waals surface area contributed by atoms with Crippen molar-refractivity contribution in [3.8, 4) is 0 Å². The summed E-state index contributed by atoms with van der Waals surface area (Å²) in [5, 5.41) is 13.1. The number of aromatic nitrogens is 2. The summed E-state index contributed by atoms with van der Waals surface area (Å²) < 4.78 is 0. The fraction of sp³-hybridized carbons (Fsp3) is 0.714. The van der Waals surface area contributed by atoms with Crippen molar-refractivity contribution in [3.05, 3.63) is 11.4 Å². The van der Waals surface area contributed by atoms with Crippen LogP contribution >= 0.6 is 0 Å². The van der Waals surface area contributed by atoms with Crippen LogP contribution in [0.25, 0.3) is 0 Å². The molecule has 0 bridgehead atoms. The average Bonchev–Trinajstić information content (AvgIpc) is 2.94. The summed E-state index contributed by atoms with van der Waals surface area (Å²) in [5.41, 5.74) is 1.10. The summed E-state index contributed by atoms with van der Waals surface area (Å²) in [6.07, 6.45) is 1.99. The van der Waals surface area contributed by atoms with Gasteiger partial charge in [-0.1, -0.05) is 0 Å². The molecule has 0 aromatic carbocycles. The van der Waals surface area contributed by atoms with Crippen molar-refractivity contribution >= 4 is 11.6 Å². The van der Waals surface area contributed by atoms with Crippen LogP contribution in [0.4, 0.5) is 11.6 Å². The van der Waals surface area contributed by atoms with Gasteiger partial charge in [0.15, 0.2) is 0 Å². The van der Waals surface area contributed by atoms with Crippen molar-refractivity contribution in [2.75, 3.05) is 30.4 Å². The van der Waals surface area contributed by atoms with E-state index < -0.39 is 0 Å². The maximum absolute atomic E-state index is 10.0. The quantitative estimate of drug-likeness (QED) is 0.842. The Morgan fingerprint density at radius 3 is 2.68 bits per heavy atom. The minimum absolute atomic E-state index is 0.123. The number of aryl methyl sites for hydroxylation is 1. The monoisotopic (exact) mass is 262 g/mol. The summed E-state index contributed by atoms with van der Waals surface area (Å²) >= 11 is 0. The molecule has 0 amide bonds. The summed E-state index contributed by atoms with van der Waals surface area (Å²) in [4.78, 5) is 11.3. The number of aliphatic hydroxyl groups is 1. The fourth-order valence-electron chi connectivity index (χ4n) is 3.57. The molecule has 3 atom stereocenters. The number of hydrogen-bond acceptors (Lipinski definition) is 5. The molecular weight excluding hydrogens is 240 g/mol. The lowest BCUT2D eigenvalue weighted by atomic mass is 10.00. The van der Waals surface area contributed by atoms with Crippen molar-refractivity contribution in [1.29, 1.82) is 0 Å². The van der Waals surface area contributed by atoms with E-state index in [4.69, 9.17) is 0 Å². The van der Waals surface area contributed by atoms with Gasteiger partial charge in [-0.2, -0.15) is 0 Å². The Balaban J connectivity index is 1.90. The smallest absolute Gasteiger partial charge is 0.137 e. The number of hydrogen-bond donors (Lipinski definition) is 2. The topological polar surface area (TPSA) is 61.3 Å². The van der Waals surface area contributed by atoms with Gasteiger partial charge < -0.3 is 15.3 Å². The molecule has 104 valence electrons. The molecule has 1 saturated carbocycles. The van der Waals surface area contributed by atoms with Crippen LogP contribution in [-0.4, -0.2) is 41.3 Å². The Morgan fingerprint density at radius 1 is 1.21 bits per heavy atom. The first kappa shape index (κ1) is 12.7. The van der Waals surface area contributed by atoms with Crippen LogP contribution < -0.4 is 10.2 Å². The van der Waals surface area contributed by atoms with Gasteiger partial charge in [0.05, 0.1) is 6.10 Å². The zero-order valence-corrected chi connectivity index (χ0v) is 11.8. The van der Waals surface area contributed by atoms with Crippen LogP contribution in [-0.2, 0) is 0 Å². The lowest BCUT2D eigenvalue weighted by molar-refractivity contribution is 0.133. The van der Waals surface area contributed by atoms with Gasteiger partial charge in [0.25, 0.3) is 0 Å². The third-order valence-electron chi connectivity index (χ3n) is 4.59. The standard InChI is InChI=1S/C14H22N4O/c1-8-13(15-3)16-9(2)17-14(8)18-6-10-4-5-12(19)11(10)7-18/h10-12,19H,4-7H2,1-3H3,(H,15,16,17). The van der Waals surface area contributed by atoms with E-state index in [1.165, 1.54) is 0 Å². The summed E-state index contributed by atoms with van der Waals surface area (Å²) in [6.45, 7) is 5.93. The predicted molar refractivity (Wildman–Crippen MR) is 75.5 cm³/mol. The SMILES string of the molecule is CNc1nc(C)nc(N2CC3CCC(O)C3C2)c1C. The van der Waals surface area contributed by atoms with E-state index in [0.717, 1.165) is 49.0 Å².